The highest BCUT2D eigenvalue weighted by Gasteiger charge is 2.10. The van der Waals surface area contributed by atoms with Crippen molar-refractivity contribution >= 4 is 11.9 Å². The molecule has 1 N–H and O–H groups in total. The number of aryl methyl sites for hydroxylation is 1. The van der Waals surface area contributed by atoms with Crippen molar-refractivity contribution in [3.05, 3.63) is 71.3 Å². The second-order valence-electron chi connectivity index (χ2n) is 5.32. The van der Waals surface area contributed by atoms with E-state index in [9.17, 15) is 9.59 Å². The number of esters is 1. The summed E-state index contributed by atoms with van der Waals surface area (Å²) in [4.78, 5) is 22.7. The van der Waals surface area contributed by atoms with Crippen molar-refractivity contribution in [2.75, 3.05) is 6.61 Å². The molecule has 0 amide bonds. The summed E-state index contributed by atoms with van der Waals surface area (Å²) in [7, 11) is 0. The lowest BCUT2D eigenvalue weighted by Crippen LogP contribution is -2.08. The van der Waals surface area contributed by atoms with Crippen LogP contribution in [0.1, 0.15) is 45.5 Å². The normalized spacial score (nSPS) is 10.3. The van der Waals surface area contributed by atoms with Gasteiger partial charge in [-0.25, -0.2) is 9.59 Å². The first-order valence-corrected chi connectivity index (χ1v) is 7.71. The standard InChI is InChI=1S/C19H20O4/c20-18(21)16-11-7-12-17(14-16)19(22)23-13-6-2-5-10-15-8-3-1-4-9-15/h1,3-4,7-9,11-12,14H,2,5-6,10,13H2,(H,20,21). The Morgan fingerprint density at radius 1 is 0.870 bits per heavy atom. The van der Waals surface area contributed by atoms with Crippen molar-refractivity contribution in [2.45, 2.75) is 25.7 Å². The van der Waals surface area contributed by atoms with E-state index in [-0.39, 0.29) is 11.1 Å². The summed E-state index contributed by atoms with van der Waals surface area (Å²) >= 11 is 0. The molecule has 0 saturated heterocycles. The van der Waals surface area contributed by atoms with E-state index >= 15 is 0 Å². The molecule has 0 fully saturated rings. The van der Waals surface area contributed by atoms with Crippen molar-refractivity contribution in [1.29, 1.82) is 0 Å². The van der Waals surface area contributed by atoms with Gasteiger partial charge in [-0.1, -0.05) is 36.4 Å². The summed E-state index contributed by atoms with van der Waals surface area (Å²) in [6, 6.07) is 16.2. The Balaban J connectivity index is 1.67. The van der Waals surface area contributed by atoms with E-state index in [2.05, 4.69) is 12.1 Å². The second kappa shape index (κ2) is 8.73. The molecule has 2 aromatic carbocycles. The van der Waals surface area contributed by atoms with E-state index in [1.165, 1.54) is 17.7 Å². The molecule has 2 rings (SSSR count). The maximum absolute atomic E-state index is 11.9. The highest BCUT2D eigenvalue weighted by molar-refractivity contribution is 5.94. The van der Waals surface area contributed by atoms with Gasteiger partial charge >= 0.3 is 11.9 Å². The lowest BCUT2D eigenvalue weighted by atomic mass is 10.1. The Labute approximate surface area is 135 Å². The molecule has 0 aliphatic heterocycles. The first-order valence-electron chi connectivity index (χ1n) is 7.71. The highest BCUT2D eigenvalue weighted by atomic mass is 16.5. The summed E-state index contributed by atoms with van der Waals surface area (Å²) in [6.07, 6.45) is 3.86. The van der Waals surface area contributed by atoms with Gasteiger partial charge in [-0.3, -0.25) is 0 Å². The number of benzene rings is 2. The number of unbranched alkanes of at least 4 members (excludes halogenated alkanes) is 2. The monoisotopic (exact) mass is 312 g/mol. The maximum Gasteiger partial charge on any atom is 0.338 e. The average Bonchev–Trinajstić information content (AvgIpc) is 2.58. The number of hydrogen-bond donors (Lipinski definition) is 1. The quantitative estimate of drug-likeness (QED) is 0.592. The lowest BCUT2D eigenvalue weighted by molar-refractivity contribution is 0.0498. The number of aromatic carboxylic acids is 1. The van der Waals surface area contributed by atoms with Gasteiger partial charge in [0, 0.05) is 0 Å². The number of ether oxygens (including phenoxy) is 1. The second-order valence-corrected chi connectivity index (χ2v) is 5.32. The molecule has 0 bridgehead atoms. The summed E-state index contributed by atoms with van der Waals surface area (Å²) in [5.74, 6) is -1.53. The van der Waals surface area contributed by atoms with Crippen LogP contribution < -0.4 is 0 Å². The van der Waals surface area contributed by atoms with Crippen LogP contribution in [-0.4, -0.2) is 23.7 Å². The molecule has 2 aromatic rings. The third-order valence-corrected chi connectivity index (χ3v) is 3.53. The van der Waals surface area contributed by atoms with Crippen molar-refractivity contribution in [3.8, 4) is 0 Å². The van der Waals surface area contributed by atoms with Crippen LogP contribution in [0.15, 0.2) is 54.6 Å². The first kappa shape index (κ1) is 16.7. The van der Waals surface area contributed by atoms with Crippen LogP contribution in [0, 0.1) is 0 Å². The van der Waals surface area contributed by atoms with Crippen molar-refractivity contribution in [1.82, 2.24) is 0 Å². The van der Waals surface area contributed by atoms with Gasteiger partial charge in [0.05, 0.1) is 17.7 Å². The SMILES string of the molecule is O=C(O)c1cccc(C(=O)OCCCCCc2ccccc2)c1. The van der Waals surface area contributed by atoms with Gasteiger partial charge in [-0.05, 0) is 49.4 Å². The zero-order chi connectivity index (χ0) is 16.5. The topological polar surface area (TPSA) is 63.6 Å². The molecule has 0 aliphatic rings. The zero-order valence-corrected chi connectivity index (χ0v) is 12.9. The van der Waals surface area contributed by atoms with Crippen LogP contribution in [0.3, 0.4) is 0 Å². The number of hydrogen-bond acceptors (Lipinski definition) is 3. The first-order chi connectivity index (χ1) is 11.2. The van der Waals surface area contributed by atoms with Gasteiger partial charge in [0.1, 0.15) is 0 Å². The predicted molar refractivity (Wildman–Crippen MR) is 87.7 cm³/mol. The molecule has 0 radical (unpaired) electrons. The number of carbonyl (C=O) groups excluding carboxylic acids is 1. The van der Waals surface area contributed by atoms with Gasteiger partial charge in [0.15, 0.2) is 0 Å². The molecule has 0 atom stereocenters. The molecule has 0 aliphatic carbocycles. The maximum atomic E-state index is 11.9. The number of carboxylic acid groups (broad SMARTS) is 1. The number of rotatable bonds is 8. The summed E-state index contributed by atoms with van der Waals surface area (Å²) < 4.78 is 5.18. The molecule has 4 heteroatoms. The fraction of sp³-hybridized carbons (Fsp3) is 0.263. The molecule has 0 spiro atoms. The minimum absolute atomic E-state index is 0.0855. The molecule has 120 valence electrons. The predicted octanol–water partition coefficient (Wildman–Crippen LogP) is 3.95. The summed E-state index contributed by atoms with van der Waals surface area (Å²) in [5, 5.41) is 8.91. The van der Waals surface area contributed by atoms with Gasteiger partial charge in [0.2, 0.25) is 0 Å². The average molecular weight is 312 g/mol. The van der Waals surface area contributed by atoms with Crippen LogP contribution in [0.5, 0.6) is 0 Å². The molecule has 23 heavy (non-hydrogen) atoms. The van der Waals surface area contributed by atoms with Gasteiger partial charge in [0.25, 0.3) is 0 Å². The lowest BCUT2D eigenvalue weighted by Gasteiger charge is -2.06. The Bertz CT molecular complexity index is 649. The van der Waals surface area contributed by atoms with Crippen LogP contribution in [0.4, 0.5) is 0 Å². The molecule has 0 saturated carbocycles. The highest BCUT2D eigenvalue weighted by Crippen LogP contribution is 2.09. The Morgan fingerprint density at radius 2 is 1.61 bits per heavy atom. The molecule has 0 heterocycles. The summed E-state index contributed by atoms with van der Waals surface area (Å²) in [6.45, 7) is 0.352. The number of carboxylic acids is 1. The van der Waals surface area contributed by atoms with Crippen molar-refractivity contribution in [3.63, 3.8) is 0 Å². The Morgan fingerprint density at radius 3 is 2.35 bits per heavy atom. The van der Waals surface area contributed by atoms with E-state index in [1.807, 2.05) is 18.2 Å². The van der Waals surface area contributed by atoms with Gasteiger partial charge in [-0.2, -0.15) is 0 Å². The Hall–Kier alpha value is -2.62. The van der Waals surface area contributed by atoms with Crippen molar-refractivity contribution in [2.24, 2.45) is 0 Å². The van der Waals surface area contributed by atoms with Crippen LogP contribution >= 0.6 is 0 Å². The largest absolute Gasteiger partial charge is 0.478 e. The van der Waals surface area contributed by atoms with Crippen LogP contribution in [0.25, 0.3) is 0 Å². The van der Waals surface area contributed by atoms with Crippen LogP contribution in [-0.2, 0) is 11.2 Å². The van der Waals surface area contributed by atoms with E-state index < -0.39 is 11.9 Å². The molecule has 0 unspecified atom stereocenters. The minimum atomic E-state index is -1.06. The van der Waals surface area contributed by atoms with E-state index in [1.54, 1.807) is 12.1 Å². The van der Waals surface area contributed by atoms with Crippen LogP contribution in [0.2, 0.25) is 0 Å². The molecule has 4 nitrogen and oxygen atoms in total. The fourth-order valence-electron chi connectivity index (χ4n) is 2.28. The van der Waals surface area contributed by atoms with Gasteiger partial charge < -0.3 is 9.84 Å². The molecular weight excluding hydrogens is 292 g/mol. The Kier molecular flexibility index (Phi) is 6.36. The summed E-state index contributed by atoms with van der Waals surface area (Å²) in [5.41, 5.74) is 1.67. The number of carbonyl (C=O) groups is 2. The molecular formula is C19H20O4. The smallest absolute Gasteiger partial charge is 0.338 e. The fourth-order valence-corrected chi connectivity index (χ4v) is 2.28. The third kappa shape index (κ3) is 5.58. The third-order valence-electron chi connectivity index (χ3n) is 3.53. The molecule has 0 aromatic heterocycles. The van der Waals surface area contributed by atoms with E-state index in [0.717, 1.165) is 25.7 Å². The van der Waals surface area contributed by atoms with Crippen molar-refractivity contribution < 1.29 is 19.4 Å². The van der Waals surface area contributed by atoms with E-state index in [4.69, 9.17) is 9.84 Å². The van der Waals surface area contributed by atoms with Gasteiger partial charge in [-0.15, -0.1) is 0 Å². The minimum Gasteiger partial charge on any atom is -0.478 e. The van der Waals surface area contributed by atoms with E-state index in [0.29, 0.717) is 6.61 Å². The zero-order valence-electron chi connectivity index (χ0n) is 12.9.